The van der Waals surface area contributed by atoms with E-state index in [9.17, 15) is 17.2 Å². The lowest BCUT2D eigenvalue weighted by atomic mass is 10.0. The Labute approximate surface area is 123 Å². The van der Waals surface area contributed by atoms with Crippen molar-refractivity contribution in [2.45, 2.75) is 50.0 Å². The van der Waals surface area contributed by atoms with Crippen molar-refractivity contribution in [3.8, 4) is 0 Å². The van der Waals surface area contributed by atoms with Gasteiger partial charge < -0.3 is 5.73 Å². The second-order valence-electron chi connectivity index (χ2n) is 5.75. The minimum Gasteiger partial charge on any atom is -0.399 e. The minimum absolute atomic E-state index is 0.122. The van der Waals surface area contributed by atoms with Crippen molar-refractivity contribution in [2.24, 2.45) is 5.92 Å². The average molecular weight is 318 g/mol. The Kier molecular flexibility index (Phi) is 4.83. The summed E-state index contributed by atoms with van der Waals surface area (Å²) in [6, 6.07) is 1.46. The van der Waals surface area contributed by atoms with Crippen molar-refractivity contribution in [1.82, 2.24) is 4.72 Å². The fourth-order valence-electron chi connectivity index (χ4n) is 2.67. The summed E-state index contributed by atoms with van der Waals surface area (Å²) in [5.41, 5.74) is 5.28. The summed E-state index contributed by atoms with van der Waals surface area (Å²) in [7, 11) is -4.11. The van der Waals surface area contributed by atoms with E-state index in [4.69, 9.17) is 5.73 Å². The van der Waals surface area contributed by atoms with Crippen molar-refractivity contribution in [3.05, 3.63) is 23.8 Å². The van der Waals surface area contributed by atoms with E-state index in [1.54, 1.807) is 0 Å². The molecular formula is C14H20F2N2O2S. The zero-order chi connectivity index (χ0) is 15.6. The predicted octanol–water partition coefficient (Wildman–Crippen LogP) is 2.79. The van der Waals surface area contributed by atoms with E-state index in [0.717, 1.165) is 31.4 Å². The summed E-state index contributed by atoms with van der Waals surface area (Å²) in [6.07, 6.45) is 4.30. The van der Waals surface area contributed by atoms with Crippen molar-refractivity contribution < 1.29 is 17.2 Å². The van der Waals surface area contributed by atoms with Gasteiger partial charge in [-0.1, -0.05) is 19.8 Å². The Hall–Kier alpha value is -1.21. The van der Waals surface area contributed by atoms with E-state index in [2.05, 4.69) is 11.6 Å². The SMILES string of the molecule is CC1CCCC(NS(=O)(=O)c2cc(N)cc(F)c2F)CC1. The van der Waals surface area contributed by atoms with E-state index >= 15 is 0 Å². The van der Waals surface area contributed by atoms with Crippen molar-refractivity contribution in [2.75, 3.05) is 5.73 Å². The molecule has 0 spiro atoms. The molecule has 1 saturated carbocycles. The van der Waals surface area contributed by atoms with Crippen LogP contribution in [0.2, 0.25) is 0 Å². The third-order valence-corrected chi connectivity index (χ3v) is 5.41. The summed E-state index contributed by atoms with van der Waals surface area (Å²) in [5, 5.41) is 0. The van der Waals surface area contributed by atoms with Crippen molar-refractivity contribution in [3.63, 3.8) is 0 Å². The molecule has 3 N–H and O–H groups in total. The van der Waals surface area contributed by atoms with Gasteiger partial charge in [0.2, 0.25) is 10.0 Å². The number of nitrogen functional groups attached to an aromatic ring is 1. The third-order valence-electron chi connectivity index (χ3n) is 3.89. The topological polar surface area (TPSA) is 72.2 Å². The maximum Gasteiger partial charge on any atom is 0.243 e. The maximum atomic E-state index is 13.7. The number of rotatable bonds is 3. The first-order valence-corrected chi connectivity index (χ1v) is 8.55. The lowest BCUT2D eigenvalue weighted by Crippen LogP contribution is -2.35. The normalized spacial score (nSPS) is 23.8. The van der Waals surface area contributed by atoms with Crippen LogP contribution in [0.25, 0.3) is 0 Å². The summed E-state index contributed by atoms with van der Waals surface area (Å²) < 4.78 is 54.0. The first-order chi connectivity index (χ1) is 9.79. The zero-order valence-electron chi connectivity index (χ0n) is 11.9. The molecule has 0 saturated heterocycles. The summed E-state index contributed by atoms with van der Waals surface area (Å²) in [5.74, 6) is -2.09. The van der Waals surface area contributed by atoms with Crippen LogP contribution in [0.3, 0.4) is 0 Å². The first-order valence-electron chi connectivity index (χ1n) is 7.06. The van der Waals surface area contributed by atoms with Crippen LogP contribution in [-0.2, 0) is 10.0 Å². The number of anilines is 1. The molecule has 21 heavy (non-hydrogen) atoms. The van der Waals surface area contributed by atoms with E-state index in [1.165, 1.54) is 0 Å². The van der Waals surface area contributed by atoms with Crippen LogP contribution in [0, 0.1) is 17.6 Å². The van der Waals surface area contributed by atoms with Crippen LogP contribution in [0.4, 0.5) is 14.5 Å². The van der Waals surface area contributed by atoms with Crippen molar-refractivity contribution >= 4 is 15.7 Å². The quantitative estimate of drug-likeness (QED) is 0.665. The van der Waals surface area contributed by atoms with Gasteiger partial charge in [0.25, 0.3) is 0 Å². The van der Waals surface area contributed by atoms with Gasteiger partial charge in [0, 0.05) is 11.7 Å². The predicted molar refractivity (Wildman–Crippen MR) is 77.1 cm³/mol. The molecule has 118 valence electrons. The molecule has 0 aliphatic heterocycles. The fraction of sp³-hybridized carbons (Fsp3) is 0.571. The van der Waals surface area contributed by atoms with Gasteiger partial charge in [-0.3, -0.25) is 0 Å². The molecule has 1 fully saturated rings. The smallest absolute Gasteiger partial charge is 0.243 e. The van der Waals surface area contributed by atoms with Crippen LogP contribution in [0.15, 0.2) is 17.0 Å². The van der Waals surface area contributed by atoms with Crippen LogP contribution < -0.4 is 10.5 Å². The molecule has 1 aromatic rings. The second-order valence-corrected chi connectivity index (χ2v) is 7.43. The Morgan fingerprint density at radius 1 is 1.19 bits per heavy atom. The zero-order valence-corrected chi connectivity index (χ0v) is 12.7. The Morgan fingerprint density at radius 3 is 2.62 bits per heavy atom. The second kappa shape index (κ2) is 6.27. The van der Waals surface area contributed by atoms with Gasteiger partial charge in [-0.2, -0.15) is 0 Å². The Bertz CT molecular complexity index is 620. The number of sulfonamides is 1. The Balaban J connectivity index is 2.22. The summed E-state index contributed by atoms with van der Waals surface area (Å²) in [6.45, 7) is 2.13. The molecule has 2 atom stereocenters. The average Bonchev–Trinajstić information content (AvgIpc) is 2.58. The molecule has 0 bridgehead atoms. The minimum atomic E-state index is -4.11. The number of hydrogen-bond acceptors (Lipinski definition) is 3. The van der Waals surface area contributed by atoms with E-state index in [0.29, 0.717) is 18.8 Å². The molecule has 7 heteroatoms. The van der Waals surface area contributed by atoms with E-state index < -0.39 is 26.6 Å². The highest BCUT2D eigenvalue weighted by molar-refractivity contribution is 7.89. The van der Waals surface area contributed by atoms with Crippen LogP contribution in [0.1, 0.15) is 39.0 Å². The van der Waals surface area contributed by atoms with Crippen LogP contribution in [0.5, 0.6) is 0 Å². The first kappa shape index (κ1) is 16.2. The number of halogens is 2. The van der Waals surface area contributed by atoms with Crippen LogP contribution in [-0.4, -0.2) is 14.5 Å². The fourth-order valence-corrected chi connectivity index (χ4v) is 4.09. The molecule has 4 nitrogen and oxygen atoms in total. The molecule has 0 aromatic heterocycles. The maximum absolute atomic E-state index is 13.7. The molecule has 2 unspecified atom stereocenters. The lowest BCUT2D eigenvalue weighted by Gasteiger charge is -2.17. The molecule has 0 heterocycles. The largest absolute Gasteiger partial charge is 0.399 e. The van der Waals surface area contributed by atoms with Gasteiger partial charge in [0.05, 0.1) is 0 Å². The van der Waals surface area contributed by atoms with E-state index in [1.807, 2.05) is 0 Å². The van der Waals surface area contributed by atoms with Gasteiger partial charge >= 0.3 is 0 Å². The summed E-state index contributed by atoms with van der Waals surface area (Å²) >= 11 is 0. The van der Waals surface area contributed by atoms with Crippen molar-refractivity contribution in [1.29, 1.82) is 0 Å². The molecule has 0 radical (unpaired) electrons. The standard InChI is InChI=1S/C14H20F2N2O2S/c1-9-3-2-4-11(6-5-9)18-21(19,20)13-8-10(17)7-12(15)14(13)16/h7-9,11,18H,2-6,17H2,1H3. The monoisotopic (exact) mass is 318 g/mol. The highest BCUT2D eigenvalue weighted by Gasteiger charge is 2.27. The molecule has 0 amide bonds. The number of nitrogens with two attached hydrogens (primary N) is 1. The number of hydrogen-bond donors (Lipinski definition) is 2. The van der Waals surface area contributed by atoms with Crippen LogP contribution >= 0.6 is 0 Å². The van der Waals surface area contributed by atoms with Gasteiger partial charge in [0.1, 0.15) is 4.90 Å². The Morgan fingerprint density at radius 2 is 1.90 bits per heavy atom. The van der Waals surface area contributed by atoms with Gasteiger partial charge in [0.15, 0.2) is 11.6 Å². The molecule has 2 rings (SSSR count). The lowest BCUT2D eigenvalue weighted by molar-refractivity contribution is 0.471. The van der Waals surface area contributed by atoms with Gasteiger partial charge in [-0.25, -0.2) is 21.9 Å². The third kappa shape index (κ3) is 3.91. The molecule has 1 aromatic carbocycles. The molecular weight excluding hydrogens is 298 g/mol. The molecule has 1 aliphatic carbocycles. The molecule has 1 aliphatic rings. The highest BCUT2D eigenvalue weighted by Crippen LogP contribution is 2.25. The van der Waals surface area contributed by atoms with Gasteiger partial charge in [-0.05, 0) is 37.3 Å². The summed E-state index contributed by atoms with van der Waals surface area (Å²) in [4.78, 5) is -0.725. The van der Waals surface area contributed by atoms with E-state index in [-0.39, 0.29) is 11.7 Å². The van der Waals surface area contributed by atoms with Gasteiger partial charge in [-0.15, -0.1) is 0 Å². The number of benzene rings is 1. The highest BCUT2D eigenvalue weighted by atomic mass is 32.2. The number of nitrogens with one attached hydrogen (secondary N) is 1.